The molecule has 7 heterocycles. The van der Waals surface area contributed by atoms with Crippen LogP contribution in [0.2, 0.25) is 0 Å². The number of imidazole rings is 2. The molecule has 3 unspecified atom stereocenters. The molecule has 3 saturated heterocycles. The van der Waals surface area contributed by atoms with E-state index in [0.29, 0.717) is 11.3 Å². The second kappa shape index (κ2) is 31.4. The average Bonchev–Trinajstić information content (AvgIpc) is 1.62. The number of ketones is 1. The molecule has 6 amide bonds. The third-order valence-corrected chi connectivity index (χ3v) is 17.9. The number of amides is 6. The largest absolute Gasteiger partial charge is 0.508 e. The highest BCUT2D eigenvalue weighted by Crippen LogP contribution is 2.54. The van der Waals surface area contributed by atoms with E-state index in [9.17, 15) is 53.2 Å². The number of benzene rings is 1. The van der Waals surface area contributed by atoms with Crippen molar-refractivity contribution in [1.29, 1.82) is 0 Å². The molecule has 8 rings (SSSR count). The number of carboxylic acid groups (broad SMARTS) is 1. The second-order valence-electron chi connectivity index (χ2n) is 21.9. The zero-order valence-electron chi connectivity index (χ0n) is 50.2. The average molecular weight is 1380 g/mol. The molecule has 0 aliphatic carbocycles. The Morgan fingerprint density at radius 3 is 2.00 bits per heavy atom. The van der Waals surface area contributed by atoms with Crippen molar-refractivity contribution in [2.75, 3.05) is 63.3 Å². The Kier molecular flexibility index (Phi) is 24.0. The quantitative estimate of drug-likeness (QED) is 0.0218. The Morgan fingerprint density at radius 2 is 1.39 bits per heavy atom. The fourth-order valence-corrected chi connectivity index (χ4v) is 12.7. The summed E-state index contributed by atoms with van der Waals surface area (Å²) in [6.07, 6.45) is -9.62. The van der Waals surface area contributed by atoms with Crippen molar-refractivity contribution in [2.45, 2.75) is 115 Å². The maximum atomic E-state index is 13.8. The predicted octanol–water partition coefficient (Wildman–Crippen LogP) is 0.748. The first kappa shape index (κ1) is 71.1. The minimum Gasteiger partial charge on any atom is -0.481 e. The number of aliphatic hydroxyl groups excluding tert-OH is 1. The van der Waals surface area contributed by atoms with E-state index in [1.165, 1.54) is 54.2 Å². The number of ether oxygens (including phenoxy) is 5. The van der Waals surface area contributed by atoms with E-state index in [1.54, 1.807) is 26.0 Å². The first-order chi connectivity index (χ1) is 44.1. The Hall–Kier alpha value is -7.78. The number of nitrogen functional groups attached to an aromatic ring is 2. The summed E-state index contributed by atoms with van der Waals surface area (Å²) < 4.78 is 55.4. The van der Waals surface area contributed by atoms with Crippen molar-refractivity contribution in [3.8, 4) is 0 Å². The van der Waals surface area contributed by atoms with E-state index in [2.05, 4.69) is 51.2 Å². The van der Waals surface area contributed by atoms with Gasteiger partial charge in [-0.15, -0.1) is 0 Å². The van der Waals surface area contributed by atoms with Crippen molar-refractivity contribution in [2.24, 2.45) is 23.5 Å². The van der Waals surface area contributed by atoms with Crippen LogP contribution < -0.4 is 38.5 Å². The number of aliphatic hydroxyl groups is 1. The summed E-state index contributed by atoms with van der Waals surface area (Å²) in [6.45, 7) is -6.43. The highest BCUT2D eigenvalue weighted by atomic mass is 32.5. The van der Waals surface area contributed by atoms with Crippen LogP contribution in [0.25, 0.3) is 22.3 Å². The SMILES string of the molecule is CC(CC(=O)NCCC(=O)N[C@H](C(=O)C[C@@H](CCCNC(N)=O)C(=O)Nc1ccc(COC(=O)N(C)CCOC(=O)O[C@@H]2[C@@H]3OP(O)(=S)OC[C@H]4O[C@@H](n5cnc6c(N)ncnc65)[C@H](OP(O)(=S)OC[C@H]3O[C@H]2n2cnc3c(N)ncnc32)[C@@H]4O)cc1)C(C)C)C(=O)O. The summed E-state index contributed by atoms with van der Waals surface area (Å²) >= 11 is 10.9. The summed E-state index contributed by atoms with van der Waals surface area (Å²) in [5.74, 6) is -5.49. The van der Waals surface area contributed by atoms with Crippen LogP contribution in [-0.4, -0.2) is 201 Å². The van der Waals surface area contributed by atoms with Gasteiger partial charge in [0.1, 0.15) is 67.4 Å². The molecule has 4 aromatic heterocycles. The highest BCUT2D eigenvalue weighted by Gasteiger charge is 2.55. The Balaban J connectivity index is 0.862. The number of aliphatic carboxylic acids is 1. The molecular weight excluding hydrogens is 1310 g/mol. The molecule has 0 radical (unpaired) electrons. The van der Waals surface area contributed by atoms with Crippen molar-refractivity contribution in [3.05, 3.63) is 55.1 Å². The zero-order valence-corrected chi connectivity index (χ0v) is 53.7. The third-order valence-electron chi connectivity index (χ3n) is 14.8. The standard InChI is InChI=1S/C52H70N16O21P2S2/c1-25(2)35(65-33(70)11-13-56-34(71)16-26(3)49(74)75)30(69)17-28(6-5-12-57-50(55)76)46(73)64-29-9-7-27(8-10-29)18-82-51(77)66(4)14-15-81-52(78)87-41-39-32(86-48(41)68-24-63-37-43(54)59-22-61-45(37)68)20-84-91(80,93)89-40-38(72)31(19-83-90(79,92)88-39)85-47(40)67-23-62-36-42(53)58-21-60-44(36)67/h7-10,21-26,28,31-32,35,38-41,47-48,72H,5-6,11-20H2,1-4H3,(H,56,71)(H,64,73)(H,65,70)(H,74,75)(H,79,92)(H,80,93)(H2,53,58,60)(H2,54,59,61)(H3,55,57,76)/t26?,28-,31-,32-,35+,38-,39-,40-,41-,47-,48-,90?,91?/m1/s1. The topological polar surface area (TPSA) is 517 Å². The number of Topliss-reactive ketones (excluding diaryl/α,β-unsaturated/α-hetero) is 1. The van der Waals surface area contributed by atoms with Gasteiger partial charge in [-0.3, -0.25) is 42.2 Å². The summed E-state index contributed by atoms with van der Waals surface area (Å²) in [5.41, 5.74) is 18.7. The van der Waals surface area contributed by atoms with Crippen LogP contribution in [0.15, 0.2) is 49.6 Å². The number of rotatable bonds is 25. The monoisotopic (exact) mass is 1380 g/mol. The van der Waals surface area contributed by atoms with Crippen molar-refractivity contribution in [3.63, 3.8) is 0 Å². The van der Waals surface area contributed by atoms with Gasteiger partial charge in [-0.25, -0.2) is 44.3 Å². The number of aromatic nitrogens is 8. The molecule has 93 heavy (non-hydrogen) atoms. The van der Waals surface area contributed by atoms with Gasteiger partial charge in [0, 0.05) is 51.0 Å². The molecule has 3 fully saturated rings. The number of carboxylic acids is 1. The molecule has 5 aromatic rings. The number of likely N-dealkylation sites (N-methyl/N-ethyl adjacent to an activating group) is 1. The Bertz CT molecular complexity index is 3650. The first-order valence-electron chi connectivity index (χ1n) is 28.7. The van der Waals surface area contributed by atoms with E-state index in [0.717, 1.165) is 11.2 Å². The molecule has 2 bridgehead atoms. The van der Waals surface area contributed by atoms with Gasteiger partial charge in [0.15, 0.2) is 47.3 Å². The van der Waals surface area contributed by atoms with Crippen LogP contribution >= 0.6 is 13.4 Å². The molecular formula is C52H70N16O21P2S2. The maximum Gasteiger partial charge on any atom is 0.508 e. The number of carbonyl (C=O) groups is 8. The van der Waals surface area contributed by atoms with Crippen LogP contribution in [0.5, 0.6) is 0 Å². The van der Waals surface area contributed by atoms with Gasteiger partial charge in [0.05, 0.1) is 44.4 Å². The van der Waals surface area contributed by atoms with Crippen LogP contribution in [0, 0.1) is 17.8 Å². The van der Waals surface area contributed by atoms with E-state index in [-0.39, 0.29) is 92.3 Å². The minimum absolute atomic E-state index is 0.0220. The molecule has 0 saturated carbocycles. The van der Waals surface area contributed by atoms with Crippen LogP contribution in [0.4, 0.5) is 31.7 Å². The van der Waals surface area contributed by atoms with Crippen molar-refractivity contribution < 1.29 is 100 Å². The van der Waals surface area contributed by atoms with Crippen LogP contribution in [0.1, 0.15) is 70.9 Å². The van der Waals surface area contributed by atoms with E-state index in [4.69, 9.17) is 87.7 Å². The van der Waals surface area contributed by atoms with E-state index >= 15 is 0 Å². The van der Waals surface area contributed by atoms with Gasteiger partial charge in [-0.05, 0) is 60.1 Å². The molecule has 37 nitrogen and oxygen atoms in total. The minimum atomic E-state index is -4.49. The Labute approximate surface area is 538 Å². The molecule has 3 aliphatic heterocycles. The van der Waals surface area contributed by atoms with Gasteiger partial charge in [0.25, 0.3) is 0 Å². The smallest absolute Gasteiger partial charge is 0.481 e. The van der Waals surface area contributed by atoms with Gasteiger partial charge in [-0.1, -0.05) is 32.9 Å². The van der Waals surface area contributed by atoms with E-state index in [1.807, 2.05) is 0 Å². The number of primary amides is 1. The molecule has 13 atom stereocenters. The lowest BCUT2D eigenvalue weighted by Gasteiger charge is -2.29. The van der Waals surface area contributed by atoms with Gasteiger partial charge >= 0.3 is 37.7 Å². The summed E-state index contributed by atoms with van der Waals surface area (Å²) in [7, 11) is 1.36. The number of nitrogens with one attached hydrogen (secondary N) is 4. The second-order valence-corrected chi connectivity index (χ2v) is 27.5. The number of anilines is 3. The first-order valence-corrected chi connectivity index (χ1v) is 33.9. The third kappa shape index (κ3) is 18.8. The maximum absolute atomic E-state index is 13.8. The number of urea groups is 1. The summed E-state index contributed by atoms with van der Waals surface area (Å²) in [5, 5.41) is 31.0. The lowest BCUT2D eigenvalue weighted by atomic mass is 9.89. The molecule has 3 aliphatic rings. The van der Waals surface area contributed by atoms with Crippen LogP contribution in [0.3, 0.4) is 0 Å². The lowest BCUT2D eigenvalue weighted by molar-refractivity contribution is -0.143. The molecule has 506 valence electrons. The number of fused-ring (bicyclic) bond motifs is 5. The molecule has 1 aromatic carbocycles. The van der Waals surface area contributed by atoms with Gasteiger partial charge in [0.2, 0.25) is 17.7 Å². The number of nitrogens with two attached hydrogens (primary N) is 3. The lowest BCUT2D eigenvalue weighted by Crippen LogP contribution is -2.46. The fraction of sp³-hybridized carbons (Fsp3) is 0.538. The number of hydrogen-bond acceptors (Lipinski definition) is 28. The number of hydrogen-bond donors (Lipinski definition) is 11. The summed E-state index contributed by atoms with van der Waals surface area (Å²) in [6, 6.07) is 4.43. The Morgan fingerprint density at radius 1 is 0.785 bits per heavy atom. The van der Waals surface area contributed by atoms with E-state index < -0.39 is 154 Å². The molecule has 0 spiro atoms. The van der Waals surface area contributed by atoms with Gasteiger partial charge < -0.3 is 96.1 Å². The fourth-order valence-electron chi connectivity index (χ4n) is 9.89. The number of nitrogens with zero attached hydrogens (tertiary/aromatic N) is 9. The predicted molar refractivity (Wildman–Crippen MR) is 328 cm³/mol. The van der Waals surface area contributed by atoms with Crippen LogP contribution in [-0.2, 0) is 96.0 Å². The number of carbonyl (C=O) groups excluding carboxylic acids is 7. The zero-order chi connectivity index (χ0) is 67.5. The normalized spacial score (nSPS) is 24.8. The highest BCUT2D eigenvalue weighted by molar-refractivity contribution is 8.07. The summed E-state index contributed by atoms with van der Waals surface area (Å²) in [4.78, 5) is 151. The van der Waals surface area contributed by atoms with Gasteiger partial charge in [-0.2, -0.15) is 0 Å². The molecule has 14 N–H and O–H groups in total. The van der Waals surface area contributed by atoms with Crippen molar-refractivity contribution in [1.82, 2.24) is 59.9 Å². The van der Waals surface area contributed by atoms with Crippen molar-refractivity contribution >= 4 is 124 Å². The molecule has 41 heteroatoms.